The van der Waals surface area contributed by atoms with Crippen LogP contribution in [0.4, 0.5) is 0 Å². The zero-order valence-corrected chi connectivity index (χ0v) is 11.3. The summed E-state index contributed by atoms with van der Waals surface area (Å²) in [4.78, 5) is 25.2. The Kier molecular flexibility index (Phi) is 3.42. The van der Waals surface area contributed by atoms with Crippen LogP contribution < -0.4 is 0 Å². The van der Waals surface area contributed by atoms with Crippen molar-refractivity contribution in [2.24, 2.45) is 0 Å². The summed E-state index contributed by atoms with van der Waals surface area (Å²) in [6.45, 7) is 1.68. The van der Waals surface area contributed by atoms with Crippen molar-refractivity contribution in [3.8, 4) is 0 Å². The second-order valence-electron chi connectivity index (χ2n) is 5.50. The van der Waals surface area contributed by atoms with Crippen LogP contribution in [0.25, 0.3) is 0 Å². The molecule has 0 aromatic carbocycles. The average molecular weight is 278 g/mol. The molecule has 0 atom stereocenters. The lowest BCUT2D eigenvalue weighted by molar-refractivity contribution is -0.131. The predicted octanol–water partition coefficient (Wildman–Crippen LogP) is 0.866. The van der Waals surface area contributed by atoms with Crippen molar-refractivity contribution in [1.82, 2.24) is 19.9 Å². The first-order valence-electron chi connectivity index (χ1n) is 7.11. The molecular weight excluding hydrogens is 260 g/mol. The van der Waals surface area contributed by atoms with Gasteiger partial charge >= 0.3 is 5.97 Å². The lowest BCUT2D eigenvalue weighted by Gasteiger charge is -2.26. The van der Waals surface area contributed by atoms with Crippen LogP contribution in [0.3, 0.4) is 0 Å². The average Bonchev–Trinajstić information content (AvgIpc) is 2.97. The molecule has 1 aromatic rings. The Balaban J connectivity index is 1.81. The fourth-order valence-corrected chi connectivity index (χ4v) is 2.87. The first-order chi connectivity index (χ1) is 9.66. The minimum absolute atomic E-state index is 0.00363. The summed E-state index contributed by atoms with van der Waals surface area (Å²) in [5.41, 5.74) is 0.625. The molecule has 20 heavy (non-hydrogen) atoms. The highest BCUT2D eigenvalue weighted by Gasteiger charge is 2.31. The summed E-state index contributed by atoms with van der Waals surface area (Å²) in [5.74, 6) is -0.876. The minimum Gasteiger partial charge on any atom is -0.476 e. The van der Waals surface area contributed by atoms with E-state index in [-0.39, 0.29) is 24.1 Å². The highest BCUT2D eigenvalue weighted by Crippen LogP contribution is 2.37. The van der Waals surface area contributed by atoms with Gasteiger partial charge in [0.15, 0.2) is 5.69 Å². The Morgan fingerprint density at radius 3 is 2.45 bits per heavy atom. The van der Waals surface area contributed by atoms with E-state index in [4.69, 9.17) is 0 Å². The molecule has 1 aliphatic carbocycles. The number of hydrogen-bond donors (Lipinski definition) is 1. The van der Waals surface area contributed by atoms with Gasteiger partial charge in [0.05, 0.1) is 5.69 Å². The summed E-state index contributed by atoms with van der Waals surface area (Å²) < 4.78 is 1.49. The van der Waals surface area contributed by atoms with E-state index in [1.54, 1.807) is 0 Å². The standard InChI is InChI=1S/C13H18N4O3/c18-10(16-6-1-2-7-16)8-17-12(9-4-3-5-9)11(13(19)20)14-15-17/h9H,1-8H2,(H,19,20). The van der Waals surface area contributed by atoms with E-state index in [1.807, 2.05) is 4.90 Å². The molecule has 0 unspecified atom stereocenters. The number of carboxylic acids is 1. The van der Waals surface area contributed by atoms with Gasteiger partial charge in [-0.2, -0.15) is 0 Å². The number of amides is 1. The second kappa shape index (κ2) is 5.22. The Bertz CT molecular complexity index is 530. The number of likely N-dealkylation sites (tertiary alicyclic amines) is 1. The number of aromatic nitrogens is 3. The van der Waals surface area contributed by atoms with E-state index in [0.29, 0.717) is 5.69 Å². The normalized spacial score (nSPS) is 19.1. The molecule has 1 aromatic heterocycles. The van der Waals surface area contributed by atoms with Crippen molar-refractivity contribution < 1.29 is 14.7 Å². The van der Waals surface area contributed by atoms with Gasteiger partial charge in [-0.3, -0.25) is 4.79 Å². The molecule has 0 bridgehead atoms. The minimum atomic E-state index is -1.06. The molecule has 2 fully saturated rings. The second-order valence-corrected chi connectivity index (χ2v) is 5.50. The molecule has 1 saturated heterocycles. The quantitative estimate of drug-likeness (QED) is 0.882. The Hall–Kier alpha value is -1.92. The zero-order chi connectivity index (χ0) is 14.1. The highest BCUT2D eigenvalue weighted by molar-refractivity contribution is 5.87. The number of rotatable bonds is 4. The van der Waals surface area contributed by atoms with E-state index >= 15 is 0 Å². The van der Waals surface area contributed by atoms with Crippen molar-refractivity contribution in [3.05, 3.63) is 11.4 Å². The maximum absolute atomic E-state index is 12.2. The van der Waals surface area contributed by atoms with E-state index in [1.165, 1.54) is 4.68 Å². The third kappa shape index (κ3) is 2.28. The van der Waals surface area contributed by atoms with Crippen molar-refractivity contribution in [2.75, 3.05) is 13.1 Å². The first-order valence-corrected chi connectivity index (χ1v) is 7.11. The first kappa shape index (κ1) is 13.1. The van der Waals surface area contributed by atoms with Crippen molar-refractivity contribution >= 4 is 11.9 Å². The molecule has 2 aliphatic rings. The van der Waals surface area contributed by atoms with Crippen LogP contribution in [0.1, 0.15) is 54.2 Å². The van der Waals surface area contributed by atoms with Gasteiger partial charge in [-0.1, -0.05) is 11.6 Å². The highest BCUT2D eigenvalue weighted by atomic mass is 16.4. The van der Waals surface area contributed by atoms with Crippen LogP contribution in [0.2, 0.25) is 0 Å². The Morgan fingerprint density at radius 1 is 1.20 bits per heavy atom. The molecular formula is C13H18N4O3. The van der Waals surface area contributed by atoms with Crippen LogP contribution in [-0.2, 0) is 11.3 Å². The van der Waals surface area contributed by atoms with Crippen molar-refractivity contribution in [2.45, 2.75) is 44.6 Å². The van der Waals surface area contributed by atoms with E-state index < -0.39 is 5.97 Å². The van der Waals surface area contributed by atoms with Crippen molar-refractivity contribution in [1.29, 1.82) is 0 Å². The lowest BCUT2D eigenvalue weighted by Crippen LogP contribution is -2.32. The number of carboxylic acid groups (broad SMARTS) is 1. The number of aromatic carboxylic acids is 1. The summed E-state index contributed by atoms with van der Waals surface area (Å²) in [5, 5.41) is 16.8. The number of carbonyl (C=O) groups excluding carboxylic acids is 1. The largest absolute Gasteiger partial charge is 0.476 e. The number of carbonyl (C=O) groups is 2. The molecule has 7 heteroatoms. The Morgan fingerprint density at radius 2 is 1.90 bits per heavy atom. The smallest absolute Gasteiger partial charge is 0.358 e. The molecule has 7 nitrogen and oxygen atoms in total. The van der Waals surface area contributed by atoms with Gasteiger partial charge in [0.25, 0.3) is 0 Å². The topological polar surface area (TPSA) is 88.3 Å². The van der Waals surface area contributed by atoms with Gasteiger partial charge in [0.2, 0.25) is 5.91 Å². The van der Waals surface area contributed by atoms with Gasteiger partial charge in [-0.05, 0) is 25.7 Å². The molecule has 2 heterocycles. The number of nitrogens with zero attached hydrogens (tertiary/aromatic N) is 4. The predicted molar refractivity (Wildman–Crippen MR) is 69.4 cm³/mol. The van der Waals surface area contributed by atoms with Crippen LogP contribution >= 0.6 is 0 Å². The van der Waals surface area contributed by atoms with E-state index in [0.717, 1.165) is 45.2 Å². The molecule has 1 aliphatic heterocycles. The van der Waals surface area contributed by atoms with E-state index in [2.05, 4.69) is 10.3 Å². The van der Waals surface area contributed by atoms with Gasteiger partial charge in [-0.25, -0.2) is 9.48 Å². The van der Waals surface area contributed by atoms with Gasteiger partial charge in [-0.15, -0.1) is 5.10 Å². The zero-order valence-electron chi connectivity index (χ0n) is 11.3. The molecule has 0 spiro atoms. The van der Waals surface area contributed by atoms with Gasteiger partial charge in [0.1, 0.15) is 6.54 Å². The fraction of sp³-hybridized carbons (Fsp3) is 0.692. The monoisotopic (exact) mass is 278 g/mol. The molecule has 0 radical (unpaired) electrons. The summed E-state index contributed by atoms with van der Waals surface area (Å²) in [6.07, 6.45) is 5.07. The van der Waals surface area contributed by atoms with E-state index in [9.17, 15) is 14.7 Å². The summed E-state index contributed by atoms with van der Waals surface area (Å²) in [6, 6.07) is 0. The van der Waals surface area contributed by atoms with Crippen molar-refractivity contribution in [3.63, 3.8) is 0 Å². The third-order valence-corrected chi connectivity index (χ3v) is 4.21. The van der Waals surface area contributed by atoms with Crippen LogP contribution in [-0.4, -0.2) is 50.0 Å². The molecule has 1 amide bonds. The summed E-state index contributed by atoms with van der Waals surface area (Å²) in [7, 11) is 0. The lowest BCUT2D eigenvalue weighted by atomic mass is 9.82. The molecule has 1 saturated carbocycles. The number of hydrogen-bond acceptors (Lipinski definition) is 4. The summed E-state index contributed by atoms with van der Waals surface area (Å²) >= 11 is 0. The fourth-order valence-electron chi connectivity index (χ4n) is 2.87. The third-order valence-electron chi connectivity index (χ3n) is 4.21. The molecule has 3 rings (SSSR count). The molecule has 108 valence electrons. The maximum Gasteiger partial charge on any atom is 0.358 e. The van der Waals surface area contributed by atoms with Gasteiger partial charge < -0.3 is 10.0 Å². The van der Waals surface area contributed by atoms with Crippen LogP contribution in [0, 0.1) is 0 Å². The molecule has 1 N–H and O–H groups in total. The Labute approximate surface area is 116 Å². The maximum atomic E-state index is 12.2. The van der Waals surface area contributed by atoms with Crippen LogP contribution in [0.5, 0.6) is 0 Å². The van der Waals surface area contributed by atoms with Gasteiger partial charge in [0, 0.05) is 19.0 Å². The van der Waals surface area contributed by atoms with Crippen LogP contribution in [0.15, 0.2) is 0 Å². The SMILES string of the molecule is O=C(O)c1nnn(CC(=O)N2CCCC2)c1C1CCC1.